The van der Waals surface area contributed by atoms with Crippen LogP contribution in [0.3, 0.4) is 0 Å². The Morgan fingerprint density at radius 2 is 1.96 bits per heavy atom. The molecule has 1 saturated carbocycles. The Hall–Kier alpha value is -1.05. The Kier molecular flexibility index (Phi) is 3.93. The van der Waals surface area contributed by atoms with Crippen LogP contribution in [0.2, 0.25) is 4.31 Å². The molecule has 0 N–H and O–H groups in total. The Morgan fingerprint density at radius 1 is 1.21 bits per heavy atom. The maximum atomic E-state index is 12.8. The van der Waals surface area contributed by atoms with Gasteiger partial charge in [-0.05, 0) is 0 Å². The first-order valence-corrected chi connectivity index (χ1v) is 10.8. The summed E-state index contributed by atoms with van der Waals surface area (Å²) in [5, 5.41) is 0. The van der Waals surface area contributed by atoms with Gasteiger partial charge >= 0.3 is 151 Å². The summed E-state index contributed by atoms with van der Waals surface area (Å²) in [6, 6.07) is 10.5. The summed E-state index contributed by atoms with van der Waals surface area (Å²) < 4.78 is 6.94. The van der Waals surface area contributed by atoms with Crippen LogP contribution < -0.4 is 4.46 Å². The van der Waals surface area contributed by atoms with E-state index in [2.05, 4.69) is 51.1 Å². The van der Waals surface area contributed by atoms with Gasteiger partial charge in [0.25, 0.3) is 0 Å². The zero-order valence-corrected chi connectivity index (χ0v) is 16.5. The number of carbonyl (C=O) groups is 1. The molecule has 128 valence electrons. The van der Waals surface area contributed by atoms with Crippen molar-refractivity contribution in [1.29, 1.82) is 0 Å². The van der Waals surface area contributed by atoms with E-state index in [0.717, 1.165) is 12.8 Å². The van der Waals surface area contributed by atoms with Gasteiger partial charge < -0.3 is 0 Å². The van der Waals surface area contributed by atoms with Crippen LogP contribution in [-0.4, -0.2) is 27.0 Å². The zero-order valence-electron chi connectivity index (χ0n) is 14.7. The second-order valence-electron chi connectivity index (χ2n) is 8.21. The fourth-order valence-electron chi connectivity index (χ4n) is 5.18. The van der Waals surface area contributed by atoms with Gasteiger partial charge in [-0.1, -0.05) is 0 Å². The fourth-order valence-corrected chi connectivity index (χ4v) is 7.93. The number of allylic oxidation sites excluding steroid dienone is 2. The number of carbonyl (C=O) groups excluding carboxylic acids is 1. The molecule has 0 unspecified atom stereocenters. The predicted molar refractivity (Wildman–Crippen MR) is 97.4 cm³/mol. The molecule has 3 heteroatoms. The van der Waals surface area contributed by atoms with Gasteiger partial charge in [0.2, 0.25) is 0 Å². The number of fused-ring (bicyclic) bond motifs is 2. The Bertz CT molecular complexity index is 682. The Balaban J connectivity index is 1.65. The van der Waals surface area contributed by atoms with Crippen molar-refractivity contribution in [2.75, 3.05) is 0 Å². The van der Waals surface area contributed by atoms with Gasteiger partial charge in [0.1, 0.15) is 0 Å². The van der Waals surface area contributed by atoms with Gasteiger partial charge in [-0.2, -0.15) is 0 Å². The molecule has 2 fully saturated rings. The van der Waals surface area contributed by atoms with Crippen molar-refractivity contribution in [3.05, 3.63) is 42.0 Å². The van der Waals surface area contributed by atoms with Crippen molar-refractivity contribution in [3.63, 3.8) is 0 Å². The third-order valence-electron chi connectivity index (χ3n) is 6.62. The molecular weight excluding hydrogens is 363 g/mol. The van der Waals surface area contributed by atoms with E-state index in [1.807, 2.05) is 6.07 Å². The summed E-state index contributed by atoms with van der Waals surface area (Å²) in [5.41, 5.74) is 1.85. The molecular formula is C21H26O2Se. The maximum absolute atomic E-state index is 12.8. The fraction of sp³-hybridized carbons (Fsp3) is 0.571. The van der Waals surface area contributed by atoms with Crippen molar-refractivity contribution >= 4 is 25.4 Å². The van der Waals surface area contributed by atoms with Gasteiger partial charge in [-0.15, -0.1) is 0 Å². The van der Waals surface area contributed by atoms with E-state index in [1.165, 1.54) is 22.9 Å². The summed E-state index contributed by atoms with van der Waals surface area (Å²) in [4.78, 5) is 12.8. The normalized spacial score (nSPS) is 41.2. The molecule has 1 saturated heterocycles. The number of benzene rings is 1. The molecule has 1 heterocycles. The first-order valence-electron chi connectivity index (χ1n) is 9.04. The quantitative estimate of drug-likeness (QED) is 0.436. The third kappa shape index (κ3) is 2.48. The van der Waals surface area contributed by atoms with E-state index < -0.39 is 0 Å². The molecule has 1 aromatic rings. The van der Waals surface area contributed by atoms with E-state index in [4.69, 9.17) is 4.74 Å². The number of hydrogen-bond donors (Lipinski definition) is 0. The molecule has 2 nitrogen and oxygen atoms in total. The molecule has 1 aromatic carbocycles. The molecule has 0 bridgehead atoms. The number of hydrogen-bond acceptors (Lipinski definition) is 2. The standard InChI is InChI=1S/C21H26O2Se/c1-14-8-7-11-20(2)13-18-17(12-16(14)20)21(3,19(22)23-18)24-15-9-5-4-6-10-15/h4-6,8-10,16-18H,7,11-13H2,1-3H3/t16-,17-,18+,20+,21-/m0/s1. The summed E-state index contributed by atoms with van der Waals surface area (Å²) in [6.07, 6.45) is 7.11. The summed E-state index contributed by atoms with van der Waals surface area (Å²) in [5.74, 6) is 1.03. The van der Waals surface area contributed by atoms with Crippen LogP contribution in [0.25, 0.3) is 0 Å². The Morgan fingerprint density at radius 3 is 2.71 bits per heavy atom. The Labute approximate surface area is 151 Å². The molecule has 4 rings (SSSR count). The van der Waals surface area contributed by atoms with Crippen LogP contribution in [0, 0.1) is 17.3 Å². The molecule has 0 spiro atoms. The molecule has 1 aliphatic heterocycles. The van der Waals surface area contributed by atoms with Gasteiger partial charge in [0.15, 0.2) is 0 Å². The average molecular weight is 389 g/mol. The van der Waals surface area contributed by atoms with Crippen LogP contribution in [0.1, 0.15) is 46.5 Å². The van der Waals surface area contributed by atoms with Crippen molar-refractivity contribution in [2.45, 2.75) is 56.9 Å². The number of rotatable bonds is 2. The van der Waals surface area contributed by atoms with E-state index in [0.29, 0.717) is 17.3 Å². The van der Waals surface area contributed by atoms with Gasteiger partial charge in [0.05, 0.1) is 0 Å². The van der Waals surface area contributed by atoms with Crippen LogP contribution in [-0.2, 0) is 9.53 Å². The number of ether oxygens (including phenoxy) is 1. The predicted octanol–water partition coefficient (Wildman–Crippen LogP) is 3.89. The average Bonchev–Trinajstić information content (AvgIpc) is 2.76. The van der Waals surface area contributed by atoms with Gasteiger partial charge in [0, 0.05) is 0 Å². The van der Waals surface area contributed by atoms with Crippen molar-refractivity contribution in [3.8, 4) is 0 Å². The molecule has 5 atom stereocenters. The summed E-state index contributed by atoms with van der Waals surface area (Å²) in [6.45, 7) is 6.87. The zero-order chi connectivity index (χ0) is 16.9. The van der Waals surface area contributed by atoms with Gasteiger partial charge in [-0.3, -0.25) is 0 Å². The topological polar surface area (TPSA) is 26.3 Å². The SMILES string of the molecule is CC1=CCC[C@]2(C)C[C@H]3OC(=O)[C@@](C)([Se]c4ccccc4)[C@H]3C[C@@H]12. The van der Waals surface area contributed by atoms with Crippen molar-refractivity contribution < 1.29 is 9.53 Å². The van der Waals surface area contributed by atoms with Crippen LogP contribution in [0.4, 0.5) is 0 Å². The van der Waals surface area contributed by atoms with Crippen LogP contribution in [0.15, 0.2) is 42.0 Å². The minimum atomic E-state index is -0.321. The first-order chi connectivity index (χ1) is 11.4. The second kappa shape index (κ2) is 5.74. The second-order valence-corrected chi connectivity index (χ2v) is 11.4. The van der Waals surface area contributed by atoms with Crippen LogP contribution >= 0.6 is 0 Å². The van der Waals surface area contributed by atoms with E-state index in [1.54, 1.807) is 0 Å². The monoisotopic (exact) mass is 390 g/mol. The summed E-state index contributed by atoms with van der Waals surface area (Å²) in [7, 11) is 0. The molecule has 24 heavy (non-hydrogen) atoms. The molecule has 0 radical (unpaired) electrons. The molecule has 2 aliphatic carbocycles. The van der Waals surface area contributed by atoms with E-state index in [9.17, 15) is 4.79 Å². The van der Waals surface area contributed by atoms with Gasteiger partial charge in [-0.25, -0.2) is 0 Å². The third-order valence-corrected chi connectivity index (χ3v) is 9.56. The van der Waals surface area contributed by atoms with E-state index in [-0.39, 0.29) is 31.3 Å². The minimum absolute atomic E-state index is 0.0465. The van der Waals surface area contributed by atoms with E-state index >= 15 is 0 Å². The molecule has 3 aliphatic rings. The van der Waals surface area contributed by atoms with Crippen molar-refractivity contribution in [2.24, 2.45) is 17.3 Å². The first kappa shape index (κ1) is 16.4. The molecule has 0 aromatic heterocycles. The number of esters is 1. The van der Waals surface area contributed by atoms with Crippen LogP contribution in [0.5, 0.6) is 0 Å². The molecule has 0 amide bonds. The van der Waals surface area contributed by atoms with Crippen molar-refractivity contribution in [1.82, 2.24) is 0 Å². The summed E-state index contributed by atoms with van der Waals surface area (Å²) >= 11 is 0.116.